The minimum absolute atomic E-state index is 0.651. The number of furan rings is 1. The highest BCUT2D eigenvalue weighted by Crippen LogP contribution is 2.41. The predicted octanol–water partition coefficient (Wildman–Crippen LogP) is 12.8. The van der Waals surface area contributed by atoms with Crippen molar-refractivity contribution in [3.63, 3.8) is 0 Å². The van der Waals surface area contributed by atoms with Gasteiger partial charge in [0.2, 0.25) is 5.95 Å². The van der Waals surface area contributed by atoms with Crippen molar-refractivity contribution in [3.05, 3.63) is 176 Å². The highest BCUT2D eigenvalue weighted by Gasteiger charge is 2.20. The fourth-order valence-corrected chi connectivity index (χ4v) is 8.02. The molecule has 0 aliphatic heterocycles. The van der Waals surface area contributed by atoms with Crippen LogP contribution in [0.25, 0.3) is 105 Å². The molecule has 0 fully saturated rings. The van der Waals surface area contributed by atoms with Gasteiger partial charge in [-0.3, -0.25) is 4.57 Å². The van der Waals surface area contributed by atoms with Crippen molar-refractivity contribution in [2.24, 2.45) is 0 Å². The average Bonchev–Trinajstić information content (AvgIpc) is 3.77. The van der Waals surface area contributed by atoms with Crippen molar-refractivity contribution in [1.29, 1.82) is 0 Å². The van der Waals surface area contributed by atoms with E-state index in [1.165, 1.54) is 27.1 Å². The largest absolute Gasteiger partial charge is 0.455 e. The van der Waals surface area contributed by atoms with Crippen LogP contribution >= 0.6 is 0 Å². The normalized spacial score (nSPS) is 11.8. The molecule has 0 radical (unpaired) electrons. The van der Waals surface area contributed by atoms with Crippen LogP contribution in [0.4, 0.5) is 0 Å². The summed E-state index contributed by atoms with van der Waals surface area (Å²) < 4.78 is 8.64. The van der Waals surface area contributed by atoms with Crippen LogP contribution in [0.3, 0.4) is 0 Å². The first kappa shape index (κ1) is 28.8. The van der Waals surface area contributed by atoms with E-state index in [1.54, 1.807) is 0 Å². The molecule has 0 N–H and O–H groups in total. The third-order valence-corrected chi connectivity index (χ3v) is 10.4. The lowest BCUT2D eigenvalue weighted by molar-refractivity contribution is 0.670. The topological polar surface area (TPSA) is 43.9 Å². The molecule has 11 rings (SSSR count). The van der Waals surface area contributed by atoms with Crippen molar-refractivity contribution in [2.45, 2.75) is 0 Å². The maximum Gasteiger partial charge on any atom is 0.235 e. The molecule has 0 aliphatic carbocycles. The van der Waals surface area contributed by atoms with Crippen LogP contribution in [0.2, 0.25) is 0 Å². The molecule has 0 saturated heterocycles. The van der Waals surface area contributed by atoms with E-state index >= 15 is 0 Å². The molecule has 4 nitrogen and oxygen atoms in total. The molecular formula is C48H29N3O. The van der Waals surface area contributed by atoms with Gasteiger partial charge in [-0.05, 0) is 63.9 Å². The molecule has 4 heteroatoms. The van der Waals surface area contributed by atoms with Crippen LogP contribution in [0.15, 0.2) is 180 Å². The van der Waals surface area contributed by atoms with E-state index in [4.69, 9.17) is 14.4 Å². The molecule has 242 valence electrons. The molecule has 8 aromatic carbocycles. The Bertz CT molecular complexity index is 3190. The summed E-state index contributed by atoms with van der Waals surface area (Å²) in [6, 6.07) is 61.9. The molecule has 0 atom stereocenters. The van der Waals surface area contributed by atoms with Crippen molar-refractivity contribution in [3.8, 4) is 39.5 Å². The van der Waals surface area contributed by atoms with Crippen LogP contribution in [0.5, 0.6) is 0 Å². The van der Waals surface area contributed by atoms with Crippen LogP contribution < -0.4 is 0 Å². The summed E-state index contributed by atoms with van der Waals surface area (Å²) in [5.74, 6) is 0.651. The van der Waals surface area contributed by atoms with Gasteiger partial charge in [-0.15, -0.1) is 0 Å². The Labute approximate surface area is 298 Å². The Morgan fingerprint density at radius 1 is 0.423 bits per heavy atom. The zero-order valence-electron chi connectivity index (χ0n) is 28.0. The number of hydrogen-bond acceptors (Lipinski definition) is 3. The minimum atomic E-state index is 0.651. The van der Waals surface area contributed by atoms with Crippen LogP contribution in [0, 0.1) is 0 Å². The van der Waals surface area contributed by atoms with Crippen LogP contribution in [-0.4, -0.2) is 14.5 Å². The number of rotatable bonds is 4. The maximum atomic E-state index is 6.41. The van der Waals surface area contributed by atoms with Gasteiger partial charge in [0.1, 0.15) is 11.2 Å². The molecule has 0 unspecified atom stereocenters. The summed E-state index contributed by atoms with van der Waals surface area (Å²) in [5.41, 5.74) is 11.4. The molecule has 3 aromatic heterocycles. The average molecular weight is 664 g/mol. The Kier molecular flexibility index (Phi) is 6.22. The summed E-state index contributed by atoms with van der Waals surface area (Å²) >= 11 is 0. The monoisotopic (exact) mass is 663 g/mol. The van der Waals surface area contributed by atoms with E-state index in [9.17, 15) is 0 Å². The van der Waals surface area contributed by atoms with E-state index in [-0.39, 0.29) is 0 Å². The van der Waals surface area contributed by atoms with E-state index in [0.717, 1.165) is 71.8 Å². The molecule has 0 saturated carbocycles. The summed E-state index contributed by atoms with van der Waals surface area (Å²) in [6.07, 6.45) is 0. The summed E-state index contributed by atoms with van der Waals surface area (Å²) in [5, 5.41) is 7.99. The van der Waals surface area contributed by atoms with Crippen molar-refractivity contribution in [2.75, 3.05) is 0 Å². The standard InChI is InChI=1S/C48H29N3O/c1-2-12-30(13-3-1)31-14-10-15-34(28-31)46-39-17-4-7-21-41(39)49-48(50-46)51-42-22-8-5-18-40(42)45-35-26-24-33(29-32(35)25-27-43(45)51)36-19-11-20-38-37-16-6-9-23-44(37)52-47(36)38/h1-29H. The number of hydrogen-bond donors (Lipinski definition) is 0. The van der Waals surface area contributed by atoms with Crippen LogP contribution in [0.1, 0.15) is 0 Å². The number of aromatic nitrogens is 3. The molecule has 3 heterocycles. The van der Waals surface area contributed by atoms with E-state index < -0.39 is 0 Å². The van der Waals surface area contributed by atoms with E-state index in [0.29, 0.717) is 5.95 Å². The minimum Gasteiger partial charge on any atom is -0.455 e. The Hall–Kier alpha value is -7.04. The second-order valence-electron chi connectivity index (χ2n) is 13.4. The van der Waals surface area contributed by atoms with Gasteiger partial charge < -0.3 is 4.42 Å². The first-order chi connectivity index (χ1) is 25.8. The zero-order chi connectivity index (χ0) is 34.2. The highest BCUT2D eigenvalue weighted by atomic mass is 16.3. The fraction of sp³-hybridized carbons (Fsp3) is 0. The van der Waals surface area contributed by atoms with E-state index in [1.807, 2.05) is 24.3 Å². The molecule has 11 aromatic rings. The molecule has 0 bridgehead atoms. The SMILES string of the molecule is c1ccc(-c2cccc(-c3nc(-n4c5ccccc5c5c6ccc(-c7cccc8c7oc7ccccc78)cc6ccc54)nc4ccccc34)c2)cc1. The molecular weight excluding hydrogens is 635 g/mol. The summed E-state index contributed by atoms with van der Waals surface area (Å²) in [6.45, 7) is 0. The smallest absolute Gasteiger partial charge is 0.235 e. The Morgan fingerprint density at radius 3 is 2.08 bits per heavy atom. The van der Waals surface area contributed by atoms with Crippen LogP contribution in [-0.2, 0) is 0 Å². The number of para-hydroxylation sites is 4. The maximum absolute atomic E-state index is 6.41. The second kappa shape index (κ2) is 11.2. The summed E-state index contributed by atoms with van der Waals surface area (Å²) in [7, 11) is 0. The molecule has 0 spiro atoms. The summed E-state index contributed by atoms with van der Waals surface area (Å²) in [4.78, 5) is 10.6. The third kappa shape index (κ3) is 4.34. The lowest BCUT2D eigenvalue weighted by Gasteiger charge is -2.13. The van der Waals surface area contributed by atoms with Gasteiger partial charge in [-0.1, -0.05) is 140 Å². The van der Waals surface area contributed by atoms with Crippen molar-refractivity contribution < 1.29 is 4.42 Å². The third-order valence-electron chi connectivity index (χ3n) is 10.4. The second-order valence-corrected chi connectivity index (χ2v) is 13.4. The Balaban J connectivity index is 1.12. The van der Waals surface area contributed by atoms with Gasteiger partial charge in [0.05, 0.1) is 22.2 Å². The number of fused-ring (bicyclic) bond motifs is 9. The van der Waals surface area contributed by atoms with Gasteiger partial charge in [-0.2, -0.15) is 0 Å². The number of benzene rings is 8. The first-order valence-electron chi connectivity index (χ1n) is 17.6. The zero-order valence-corrected chi connectivity index (χ0v) is 28.0. The van der Waals surface area contributed by atoms with Gasteiger partial charge >= 0.3 is 0 Å². The van der Waals surface area contributed by atoms with Crippen molar-refractivity contribution >= 4 is 65.4 Å². The number of nitrogens with zero attached hydrogens (tertiary/aromatic N) is 3. The fourth-order valence-electron chi connectivity index (χ4n) is 8.02. The molecule has 0 amide bonds. The first-order valence-corrected chi connectivity index (χ1v) is 17.6. The van der Waals surface area contributed by atoms with Gasteiger partial charge in [-0.25, -0.2) is 9.97 Å². The van der Waals surface area contributed by atoms with Gasteiger partial charge in [0, 0.05) is 38.1 Å². The quantitative estimate of drug-likeness (QED) is 0.188. The lowest BCUT2D eigenvalue weighted by atomic mass is 9.97. The highest BCUT2D eigenvalue weighted by molar-refractivity contribution is 6.22. The van der Waals surface area contributed by atoms with Gasteiger partial charge in [0.15, 0.2) is 0 Å². The van der Waals surface area contributed by atoms with E-state index in [2.05, 4.69) is 156 Å². The molecule has 0 aliphatic rings. The van der Waals surface area contributed by atoms with Crippen molar-refractivity contribution in [1.82, 2.24) is 14.5 Å². The Morgan fingerprint density at radius 2 is 1.15 bits per heavy atom. The lowest BCUT2D eigenvalue weighted by Crippen LogP contribution is -2.03. The predicted molar refractivity (Wildman–Crippen MR) is 215 cm³/mol. The molecule has 52 heavy (non-hydrogen) atoms. The van der Waals surface area contributed by atoms with Gasteiger partial charge in [0.25, 0.3) is 0 Å².